The summed E-state index contributed by atoms with van der Waals surface area (Å²) in [5, 5.41) is 18.5. The smallest absolute Gasteiger partial charge is 0.272 e. The summed E-state index contributed by atoms with van der Waals surface area (Å²) in [4.78, 5) is 13.0. The molecule has 8 nitrogen and oxygen atoms in total. The Morgan fingerprint density at radius 2 is 2.07 bits per heavy atom. The molecule has 28 heavy (non-hydrogen) atoms. The van der Waals surface area contributed by atoms with Crippen LogP contribution in [-0.4, -0.2) is 44.8 Å². The quantitative estimate of drug-likeness (QED) is 0.831. The van der Waals surface area contributed by atoms with Gasteiger partial charge in [-0.05, 0) is 49.8 Å². The molecule has 2 atom stereocenters. The highest BCUT2D eigenvalue weighted by atomic mass is 16.2. The van der Waals surface area contributed by atoms with E-state index in [0.29, 0.717) is 18.2 Å². The van der Waals surface area contributed by atoms with E-state index in [0.717, 1.165) is 31.2 Å². The lowest BCUT2D eigenvalue weighted by Crippen LogP contribution is -2.51. The van der Waals surface area contributed by atoms with Gasteiger partial charge in [-0.3, -0.25) is 9.80 Å². The molecule has 2 aliphatic carbocycles. The number of rotatable bonds is 5. The highest BCUT2D eigenvalue weighted by Crippen LogP contribution is 2.39. The SMILES string of the molecule is NC1(N2CC([C@@H](NC(=O)c3cc4ccccn4n3)C3CCCCC3)N=N2)CC1. The first-order valence-corrected chi connectivity index (χ1v) is 10.3. The van der Waals surface area contributed by atoms with E-state index in [2.05, 4.69) is 20.8 Å². The van der Waals surface area contributed by atoms with Gasteiger partial charge in [-0.1, -0.05) is 30.6 Å². The summed E-state index contributed by atoms with van der Waals surface area (Å²) in [6.07, 6.45) is 9.70. The van der Waals surface area contributed by atoms with Crippen molar-refractivity contribution >= 4 is 11.4 Å². The number of carbonyl (C=O) groups is 1. The summed E-state index contributed by atoms with van der Waals surface area (Å²) in [7, 11) is 0. The summed E-state index contributed by atoms with van der Waals surface area (Å²) < 4.78 is 1.73. The number of nitrogens with two attached hydrogens (primary N) is 1. The molecular weight excluding hydrogens is 354 g/mol. The predicted molar refractivity (Wildman–Crippen MR) is 105 cm³/mol. The number of pyridine rings is 1. The van der Waals surface area contributed by atoms with E-state index < -0.39 is 0 Å². The first kappa shape index (κ1) is 17.6. The summed E-state index contributed by atoms with van der Waals surface area (Å²) >= 11 is 0. The molecule has 3 aliphatic rings. The van der Waals surface area contributed by atoms with Gasteiger partial charge in [0.05, 0.1) is 18.1 Å². The third kappa shape index (κ3) is 3.26. The highest BCUT2D eigenvalue weighted by molar-refractivity contribution is 5.93. The molecule has 3 heterocycles. The molecule has 1 aliphatic heterocycles. The standard InChI is InChI=1S/C20H27N7O/c21-20(9-10-20)27-13-17(23-25-27)18(14-6-2-1-3-7-14)22-19(28)16-12-15-8-4-5-11-26(15)24-16/h4-5,8,11-12,14,17-18H,1-3,6-7,9-10,13,21H2,(H,22,28)/t17?,18-/m0/s1. The molecule has 1 unspecified atom stereocenters. The van der Waals surface area contributed by atoms with Gasteiger partial charge < -0.3 is 11.1 Å². The third-order valence-corrected chi connectivity index (χ3v) is 6.42. The van der Waals surface area contributed by atoms with E-state index in [-0.39, 0.29) is 23.7 Å². The molecular formula is C20H27N7O. The molecule has 0 bridgehead atoms. The average Bonchev–Trinajstić information content (AvgIpc) is 3.14. The number of aromatic nitrogens is 2. The van der Waals surface area contributed by atoms with Crippen molar-refractivity contribution in [3.8, 4) is 0 Å². The van der Waals surface area contributed by atoms with E-state index in [1.807, 2.05) is 35.5 Å². The van der Waals surface area contributed by atoms with Crippen molar-refractivity contribution in [1.29, 1.82) is 0 Å². The van der Waals surface area contributed by atoms with Gasteiger partial charge in [0.1, 0.15) is 11.7 Å². The van der Waals surface area contributed by atoms with Crippen LogP contribution in [0.3, 0.4) is 0 Å². The lowest BCUT2D eigenvalue weighted by molar-refractivity contribution is 0.0891. The molecule has 0 spiro atoms. The first-order valence-electron chi connectivity index (χ1n) is 10.3. The number of nitrogens with zero attached hydrogens (tertiary/aromatic N) is 5. The second kappa shape index (κ2) is 6.84. The number of hydrogen-bond acceptors (Lipinski definition) is 6. The zero-order chi connectivity index (χ0) is 19.1. The molecule has 3 N–H and O–H groups in total. The molecule has 0 saturated heterocycles. The Hall–Kier alpha value is -2.48. The normalized spacial score (nSPS) is 25.2. The minimum absolute atomic E-state index is 0.0336. The van der Waals surface area contributed by atoms with Gasteiger partial charge >= 0.3 is 0 Å². The van der Waals surface area contributed by atoms with E-state index >= 15 is 0 Å². The topological polar surface area (TPSA) is 100 Å². The number of amides is 1. The van der Waals surface area contributed by atoms with Crippen molar-refractivity contribution in [2.75, 3.05) is 6.54 Å². The monoisotopic (exact) mass is 381 g/mol. The van der Waals surface area contributed by atoms with Crippen LogP contribution >= 0.6 is 0 Å². The second-order valence-electron chi connectivity index (χ2n) is 8.45. The van der Waals surface area contributed by atoms with Crippen molar-refractivity contribution in [2.24, 2.45) is 22.0 Å². The largest absolute Gasteiger partial charge is 0.345 e. The summed E-state index contributed by atoms with van der Waals surface area (Å²) in [5.41, 5.74) is 7.33. The molecule has 8 heteroatoms. The fourth-order valence-electron chi connectivity index (χ4n) is 4.52. The van der Waals surface area contributed by atoms with Gasteiger partial charge in [0.15, 0.2) is 5.69 Å². The fourth-order valence-corrected chi connectivity index (χ4v) is 4.52. The molecule has 148 valence electrons. The molecule has 2 fully saturated rings. The van der Waals surface area contributed by atoms with Crippen LogP contribution in [0, 0.1) is 5.92 Å². The zero-order valence-electron chi connectivity index (χ0n) is 16.0. The Morgan fingerprint density at radius 1 is 1.25 bits per heavy atom. The molecule has 0 aromatic carbocycles. The van der Waals surface area contributed by atoms with Crippen molar-refractivity contribution in [1.82, 2.24) is 19.9 Å². The van der Waals surface area contributed by atoms with Gasteiger partial charge in [-0.2, -0.15) is 10.2 Å². The lowest BCUT2D eigenvalue weighted by Gasteiger charge is -2.33. The molecule has 0 radical (unpaired) electrons. The minimum Gasteiger partial charge on any atom is -0.345 e. The van der Waals surface area contributed by atoms with Crippen LogP contribution in [0.5, 0.6) is 0 Å². The van der Waals surface area contributed by atoms with Crippen LogP contribution in [0.4, 0.5) is 0 Å². The summed E-state index contributed by atoms with van der Waals surface area (Å²) in [6, 6.07) is 7.54. The first-order chi connectivity index (χ1) is 13.6. The molecule has 1 amide bonds. The van der Waals surface area contributed by atoms with Gasteiger partial charge in [0, 0.05) is 6.20 Å². The Bertz CT molecular complexity index is 864. The van der Waals surface area contributed by atoms with Crippen LogP contribution in [0.25, 0.3) is 5.52 Å². The maximum atomic E-state index is 13.0. The number of hydrogen-bond donors (Lipinski definition) is 2. The lowest BCUT2D eigenvalue weighted by atomic mass is 9.81. The highest BCUT2D eigenvalue weighted by Gasteiger charge is 2.48. The van der Waals surface area contributed by atoms with Crippen molar-refractivity contribution in [3.05, 3.63) is 36.2 Å². The van der Waals surface area contributed by atoms with E-state index in [4.69, 9.17) is 5.73 Å². The molecule has 2 aromatic rings. The Labute approximate surface area is 164 Å². The van der Waals surface area contributed by atoms with Crippen LogP contribution in [0.15, 0.2) is 40.8 Å². The molecule has 2 aromatic heterocycles. The van der Waals surface area contributed by atoms with Crippen LogP contribution < -0.4 is 11.1 Å². The Balaban J connectivity index is 1.35. The summed E-state index contributed by atoms with van der Waals surface area (Å²) in [5.74, 6) is 0.286. The van der Waals surface area contributed by atoms with Crippen molar-refractivity contribution < 1.29 is 4.79 Å². The van der Waals surface area contributed by atoms with Gasteiger partial charge in [-0.25, -0.2) is 4.52 Å². The Morgan fingerprint density at radius 3 is 2.82 bits per heavy atom. The maximum Gasteiger partial charge on any atom is 0.272 e. The Kier molecular flexibility index (Phi) is 4.30. The number of carbonyl (C=O) groups excluding carboxylic acids is 1. The molecule has 2 saturated carbocycles. The van der Waals surface area contributed by atoms with Gasteiger partial charge in [0.25, 0.3) is 5.91 Å². The van der Waals surface area contributed by atoms with E-state index in [1.165, 1.54) is 19.3 Å². The average molecular weight is 381 g/mol. The minimum atomic E-state index is -0.318. The zero-order valence-corrected chi connectivity index (χ0v) is 16.0. The van der Waals surface area contributed by atoms with Crippen molar-refractivity contribution in [3.63, 3.8) is 0 Å². The van der Waals surface area contributed by atoms with Gasteiger partial charge in [-0.15, -0.1) is 0 Å². The van der Waals surface area contributed by atoms with E-state index in [1.54, 1.807) is 4.52 Å². The summed E-state index contributed by atoms with van der Waals surface area (Å²) in [6.45, 7) is 0.684. The van der Waals surface area contributed by atoms with Gasteiger partial charge in [0.2, 0.25) is 0 Å². The molecule has 5 rings (SSSR count). The van der Waals surface area contributed by atoms with Crippen LogP contribution in [-0.2, 0) is 0 Å². The van der Waals surface area contributed by atoms with Crippen molar-refractivity contribution in [2.45, 2.75) is 62.7 Å². The second-order valence-corrected chi connectivity index (χ2v) is 8.45. The third-order valence-electron chi connectivity index (χ3n) is 6.42. The number of nitrogens with one attached hydrogen (secondary N) is 1. The fraction of sp³-hybridized carbons (Fsp3) is 0.600. The van der Waals surface area contributed by atoms with E-state index in [9.17, 15) is 4.79 Å². The van der Waals surface area contributed by atoms with Crippen LogP contribution in [0.1, 0.15) is 55.4 Å². The predicted octanol–water partition coefficient (Wildman–Crippen LogP) is 2.51. The number of fused-ring (bicyclic) bond motifs is 1. The van der Waals surface area contributed by atoms with Crippen LogP contribution in [0.2, 0.25) is 0 Å². The maximum absolute atomic E-state index is 13.0.